The summed E-state index contributed by atoms with van der Waals surface area (Å²) in [6.45, 7) is 0. The van der Waals surface area contributed by atoms with E-state index < -0.39 is 0 Å². The number of fused-ring (bicyclic) bond motifs is 1. The lowest BCUT2D eigenvalue weighted by molar-refractivity contribution is 0.963. The predicted octanol–water partition coefficient (Wildman–Crippen LogP) is 1.95. The average Bonchev–Trinajstić information content (AvgIpc) is 2.44. The Morgan fingerprint density at radius 3 is 3.08 bits per heavy atom. The second-order valence-corrected chi connectivity index (χ2v) is 2.69. The van der Waals surface area contributed by atoms with Crippen LogP contribution in [0.3, 0.4) is 0 Å². The number of halogens is 2. The third-order valence-electron chi connectivity index (χ3n) is 1.44. The van der Waals surface area contributed by atoms with E-state index in [0.29, 0.717) is 11.3 Å². The third-order valence-corrected chi connectivity index (χ3v) is 1.80. The predicted molar refractivity (Wildman–Crippen MR) is 47.5 cm³/mol. The van der Waals surface area contributed by atoms with Crippen molar-refractivity contribution in [1.82, 2.24) is 14.6 Å². The molecule has 0 saturated heterocycles. The molecule has 0 saturated carbocycles. The fourth-order valence-corrected chi connectivity index (χ4v) is 1.26. The van der Waals surface area contributed by atoms with Gasteiger partial charge in [0.2, 0.25) is 5.28 Å². The van der Waals surface area contributed by atoms with Gasteiger partial charge < -0.3 is 0 Å². The number of rotatable bonds is 1. The minimum Gasteiger partial charge on any atom is -0.295 e. The maximum absolute atomic E-state index is 5.60. The molecule has 1 N–H and O–H groups in total. The number of aromatic nitrogens is 3. The summed E-state index contributed by atoms with van der Waals surface area (Å²) in [5.41, 5.74) is 1.29. The number of hydrogen-bond donors (Lipinski definition) is 1. The third kappa shape index (κ3) is 1.09. The van der Waals surface area contributed by atoms with E-state index in [1.54, 1.807) is 22.8 Å². The fourth-order valence-electron chi connectivity index (χ4n) is 0.954. The second-order valence-electron chi connectivity index (χ2n) is 2.17. The number of hydrogen-bond acceptors (Lipinski definition) is 3. The maximum atomic E-state index is 5.60. The summed E-state index contributed by atoms with van der Waals surface area (Å²) in [7, 11) is 0. The van der Waals surface area contributed by atoms with Gasteiger partial charge in [0, 0.05) is 18.0 Å². The molecule has 0 amide bonds. The average molecular weight is 203 g/mol. The van der Waals surface area contributed by atoms with E-state index in [1.807, 2.05) is 0 Å². The minimum atomic E-state index is 0.203. The van der Waals surface area contributed by atoms with Crippen LogP contribution in [0, 0.1) is 0 Å². The van der Waals surface area contributed by atoms with Crippen LogP contribution in [-0.4, -0.2) is 14.6 Å². The molecule has 2 rings (SSSR count). The quantitative estimate of drug-likeness (QED) is 0.720. The summed E-state index contributed by atoms with van der Waals surface area (Å²) < 4.78 is 1.55. The first-order valence-corrected chi connectivity index (χ1v) is 3.94. The zero-order valence-electron chi connectivity index (χ0n) is 5.83. The van der Waals surface area contributed by atoms with E-state index in [1.165, 1.54) is 0 Å². The normalized spacial score (nSPS) is 10.5. The van der Waals surface area contributed by atoms with Crippen LogP contribution in [-0.2, 0) is 0 Å². The molecule has 2 aromatic rings. The van der Waals surface area contributed by atoms with E-state index >= 15 is 0 Å². The Hall–Kier alpha value is -1.00. The van der Waals surface area contributed by atoms with Crippen LogP contribution in [0.5, 0.6) is 0 Å². The van der Waals surface area contributed by atoms with Crippen molar-refractivity contribution in [1.29, 1.82) is 0 Å². The number of anilines is 1. The molecule has 0 aliphatic carbocycles. The summed E-state index contributed by atoms with van der Waals surface area (Å²) >= 11 is 11.0. The van der Waals surface area contributed by atoms with Crippen LogP contribution < -0.4 is 4.84 Å². The van der Waals surface area contributed by atoms with E-state index in [0.717, 1.165) is 0 Å². The zero-order chi connectivity index (χ0) is 8.55. The first kappa shape index (κ1) is 7.64. The van der Waals surface area contributed by atoms with E-state index in [-0.39, 0.29) is 5.28 Å². The Morgan fingerprint density at radius 2 is 2.33 bits per heavy atom. The smallest absolute Gasteiger partial charge is 0.243 e. The molecule has 12 heavy (non-hydrogen) atoms. The van der Waals surface area contributed by atoms with Crippen molar-refractivity contribution in [2.45, 2.75) is 0 Å². The van der Waals surface area contributed by atoms with Gasteiger partial charge >= 0.3 is 0 Å². The van der Waals surface area contributed by atoms with Crippen molar-refractivity contribution >= 4 is 34.7 Å². The molecular weight excluding hydrogens is 199 g/mol. The highest BCUT2D eigenvalue weighted by atomic mass is 35.5. The van der Waals surface area contributed by atoms with Crippen molar-refractivity contribution in [3.8, 4) is 0 Å². The molecule has 0 unspecified atom stereocenters. The van der Waals surface area contributed by atoms with Crippen molar-refractivity contribution in [2.24, 2.45) is 0 Å². The lowest BCUT2D eigenvalue weighted by Gasteiger charge is -1.96. The monoisotopic (exact) mass is 202 g/mol. The van der Waals surface area contributed by atoms with Crippen LogP contribution >= 0.6 is 23.4 Å². The van der Waals surface area contributed by atoms with Crippen LogP contribution in [0.1, 0.15) is 0 Å². The number of pyridine rings is 1. The molecule has 0 atom stereocenters. The van der Waals surface area contributed by atoms with Crippen LogP contribution in [0.2, 0.25) is 5.28 Å². The van der Waals surface area contributed by atoms with Gasteiger partial charge in [0.25, 0.3) is 0 Å². The molecule has 0 spiro atoms. The highest BCUT2D eigenvalue weighted by Gasteiger charge is 2.04. The van der Waals surface area contributed by atoms with Gasteiger partial charge in [0.1, 0.15) is 0 Å². The van der Waals surface area contributed by atoms with E-state index in [9.17, 15) is 0 Å². The number of nitrogens with one attached hydrogen (secondary N) is 1. The van der Waals surface area contributed by atoms with Gasteiger partial charge in [0.05, 0.1) is 5.69 Å². The first-order chi connectivity index (χ1) is 5.81. The van der Waals surface area contributed by atoms with Gasteiger partial charge in [-0.05, 0) is 23.7 Å². The van der Waals surface area contributed by atoms with E-state index in [4.69, 9.17) is 23.4 Å². The van der Waals surface area contributed by atoms with Crippen molar-refractivity contribution in [3.63, 3.8) is 0 Å². The molecule has 6 heteroatoms. The molecule has 0 aliphatic rings. The zero-order valence-corrected chi connectivity index (χ0v) is 7.34. The molecule has 0 aliphatic heterocycles. The van der Waals surface area contributed by atoms with Crippen LogP contribution in [0.15, 0.2) is 18.3 Å². The summed E-state index contributed by atoms with van der Waals surface area (Å²) in [5, 5.41) is 4.10. The Kier molecular flexibility index (Phi) is 1.78. The highest BCUT2D eigenvalue weighted by Crippen LogP contribution is 2.16. The molecule has 0 bridgehead atoms. The van der Waals surface area contributed by atoms with Gasteiger partial charge in [-0.3, -0.25) is 4.84 Å². The largest absolute Gasteiger partial charge is 0.295 e. The maximum Gasteiger partial charge on any atom is 0.243 e. The van der Waals surface area contributed by atoms with Crippen molar-refractivity contribution in [3.05, 3.63) is 23.6 Å². The first-order valence-electron chi connectivity index (χ1n) is 3.19. The molecule has 0 radical (unpaired) electrons. The van der Waals surface area contributed by atoms with Crippen LogP contribution in [0.4, 0.5) is 5.69 Å². The molecular formula is C6H4Cl2N4. The standard InChI is InChI=1S/C6H4Cl2N4/c7-6-9-5-4(10-8)2-1-3-12(5)11-6/h1-3,10H. The van der Waals surface area contributed by atoms with Crippen molar-refractivity contribution < 1.29 is 0 Å². The van der Waals surface area contributed by atoms with Gasteiger partial charge in [-0.1, -0.05) is 0 Å². The van der Waals surface area contributed by atoms with Gasteiger partial charge in [-0.2, -0.15) is 4.98 Å². The Bertz CT molecular complexity index is 411. The molecule has 2 heterocycles. The second kappa shape index (κ2) is 2.80. The summed E-state index contributed by atoms with van der Waals surface area (Å²) in [5.74, 6) is 0. The molecule has 0 fully saturated rings. The summed E-state index contributed by atoms with van der Waals surface area (Å²) in [6.07, 6.45) is 1.74. The van der Waals surface area contributed by atoms with Gasteiger partial charge in [-0.15, -0.1) is 5.10 Å². The molecule has 4 nitrogen and oxygen atoms in total. The lowest BCUT2D eigenvalue weighted by Crippen LogP contribution is -1.89. The summed E-state index contributed by atoms with van der Waals surface area (Å²) in [6, 6.07) is 3.58. The molecule has 0 aromatic carbocycles. The highest BCUT2D eigenvalue weighted by molar-refractivity contribution is 6.28. The van der Waals surface area contributed by atoms with E-state index in [2.05, 4.69) is 14.9 Å². The Morgan fingerprint density at radius 1 is 1.50 bits per heavy atom. The van der Waals surface area contributed by atoms with Gasteiger partial charge in [0.15, 0.2) is 5.65 Å². The lowest BCUT2D eigenvalue weighted by atomic mass is 10.4. The van der Waals surface area contributed by atoms with Crippen LogP contribution in [0.25, 0.3) is 5.65 Å². The van der Waals surface area contributed by atoms with Crippen molar-refractivity contribution in [2.75, 3.05) is 4.84 Å². The molecule has 62 valence electrons. The number of nitrogens with zero attached hydrogens (tertiary/aromatic N) is 3. The minimum absolute atomic E-state index is 0.203. The SMILES string of the molecule is ClNc1cccn2nc(Cl)nc12. The fraction of sp³-hybridized carbons (Fsp3) is 0. The van der Waals surface area contributed by atoms with Gasteiger partial charge in [-0.25, -0.2) is 4.52 Å². The molecule has 2 aromatic heterocycles. The Balaban J connectivity index is 2.78. The summed E-state index contributed by atoms with van der Waals surface area (Å²) in [4.78, 5) is 6.43. The topological polar surface area (TPSA) is 42.2 Å². The Labute approximate surface area is 78.2 Å².